The predicted molar refractivity (Wildman–Crippen MR) is 92.7 cm³/mol. The molecule has 1 aromatic heterocycles. The third kappa shape index (κ3) is 2.71. The molecule has 4 N–H and O–H groups in total. The minimum atomic E-state index is -0.953. The number of nitrogens with zero attached hydrogens (tertiary/aromatic N) is 1. The van der Waals surface area contributed by atoms with Gasteiger partial charge < -0.3 is 15.5 Å². The number of anilines is 1. The van der Waals surface area contributed by atoms with Gasteiger partial charge in [-0.05, 0) is 19.1 Å². The number of para-hydroxylation sites is 2. The number of hydrogen-bond acceptors (Lipinski definition) is 4. The standard InChI is InChI=1S/C16H22N4O2.ClH/c1-4-22-12-9-16(17,15(12,2)3)13(21)20-14-18-10-7-5-6-8-11(10)19-14;/h5-8,12H,4,9,17H2,1-3H3,(H2,18,19,20,21);1H. The number of carbonyl (C=O) groups is 1. The maximum absolute atomic E-state index is 12.6. The Labute approximate surface area is 141 Å². The van der Waals surface area contributed by atoms with Crippen LogP contribution in [-0.2, 0) is 9.53 Å². The summed E-state index contributed by atoms with van der Waals surface area (Å²) in [5, 5.41) is 2.81. The lowest BCUT2D eigenvalue weighted by atomic mass is 9.54. The quantitative estimate of drug-likeness (QED) is 0.798. The van der Waals surface area contributed by atoms with Crippen molar-refractivity contribution in [3.05, 3.63) is 24.3 Å². The van der Waals surface area contributed by atoms with E-state index in [1.807, 2.05) is 45.0 Å². The van der Waals surface area contributed by atoms with E-state index in [-0.39, 0.29) is 24.4 Å². The number of H-pyrrole nitrogens is 1. The number of halogens is 1. The molecule has 0 saturated heterocycles. The Kier molecular flexibility index (Phi) is 4.71. The van der Waals surface area contributed by atoms with Crippen molar-refractivity contribution in [1.29, 1.82) is 0 Å². The normalized spacial score (nSPS) is 25.5. The number of fused-ring (bicyclic) bond motifs is 1. The maximum Gasteiger partial charge on any atom is 0.247 e. The number of rotatable bonds is 4. The molecule has 2 unspecified atom stereocenters. The molecule has 1 fully saturated rings. The van der Waals surface area contributed by atoms with Gasteiger partial charge in [-0.15, -0.1) is 12.4 Å². The van der Waals surface area contributed by atoms with Crippen molar-refractivity contribution in [1.82, 2.24) is 9.97 Å². The van der Waals surface area contributed by atoms with Crippen LogP contribution in [0.1, 0.15) is 27.2 Å². The molecule has 0 radical (unpaired) electrons. The Morgan fingerprint density at radius 3 is 2.78 bits per heavy atom. The Morgan fingerprint density at radius 2 is 2.17 bits per heavy atom. The lowest BCUT2D eigenvalue weighted by Gasteiger charge is -2.57. The first-order chi connectivity index (χ1) is 10.4. The van der Waals surface area contributed by atoms with E-state index in [4.69, 9.17) is 10.5 Å². The summed E-state index contributed by atoms with van der Waals surface area (Å²) in [6, 6.07) is 7.62. The van der Waals surface area contributed by atoms with E-state index in [1.54, 1.807) is 0 Å². The second-order valence-corrected chi connectivity index (χ2v) is 6.40. The molecule has 6 nitrogen and oxygen atoms in total. The van der Waals surface area contributed by atoms with Crippen molar-refractivity contribution in [2.45, 2.75) is 38.8 Å². The van der Waals surface area contributed by atoms with Crippen molar-refractivity contribution in [3.8, 4) is 0 Å². The molecule has 1 aromatic carbocycles. The summed E-state index contributed by atoms with van der Waals surface area (Å²) in [7, 11) is 0. The van der Waals surface area contributed by atoms with E-state index < -0.39 is 11.0 Å². The van der Waals surface area contributed by atoms with E-state index in [1.165, 1.54) is 0 Å². The van der Waals surface area contributed by atoms with Crippen LogP contribution in [0.4, 0.5) is 5.95 Å². The van der Waals surface area contributed by atoms with Crippen molar-refractivity contribution >= 4 is 35.3 Å². The van der Waals surface area contributed by atoms with Gasteiger partial charge in [-0.3, -0.25) is 10.1 Å². The molecule has 3 rings (SSSR count). The minimum absolute atomic E-state index is 0. The fourth-order valence-corrected chi connectivity index (χ4v) is 3.05. The van der Waals surface area contributed by atoms with Crippen LogP contribution in [-0.4, -0.2) is 34.1 Å². The summed E-state index contributed by atoms with van der Waals surface area (Å²) in [5.74, 6) is 0.194. The lowest BCUT2D eigenvalue weighted by Crippen LogP contribution is -2.74. The highest BCUT2D eigenvalue weighted by atomic mass is 35.5. The van der Waals surface area contributed by atoms with Crippen molar-refractivity contribution in [3.63, 3.8) is 0 Å². The molecule has 126 valence electrons. The second kappa shape index (κ2) is 6.11. The number of nitrogens with two attached hydrogens (primary N) is 1. The van der Waals surface area contributed by atoms with Gasteiger partial charge in [0.15, 0.2) is 0 Å². The fourth-order valence-electron chi connectivity index (χ4n) is 3.05. The Morgan fingerprint density at radius 1 is 1.48 bits per heavy atom. The highest BCUT2D eigenvalue weighted by molar-refractivity contribution is 5.99. The van der Waals surface area contributed by atoms with E-state index >= 15 is 0 Å². The molecule has 7 heteroatoms. The van der Waals surface area contributed by atoms with Gasteiger partial charge in [0, 0.05) is 18.4 Å². The molecule has 0 bridgehead atoms. The molecule has 23 heavy (non-hydrogen) atoms. The van der Waals surface area contributed by atoms with Gasteiger partial charge in [0.2, 0.25) is 11.9 Å². The van der Waals surface area contributed by atoms with E-state index in [0.717, 1.165) is 11.0 Å². The van der Waals surface area contributed by atoms with Crippen LogP contribution in [0.2, 0.25) is 0 Å². The number of amides is 1. The first kappa shape index (κ1) is 17.7. The average molecular weight is 339 g/mol. The van der Waals surface area contributed by atoms with Crippen LogP contribution in [0, 0.1) is 5.41 Å². The van der Waals surface area contributed by atoms with Gasteiger partial charge in [-0.25, -0.2) is 4.98 Å². The van der Waals surface area contributed by atoms with Gasteiger partial charge in [0.1, 0.15) is 5.54 Å². The third-order valence-corrected chi connectivity index (χ3v) is 4.86. The molecule has 0 aliphatic heterocycles. The number of ether oxygens (including phenoxy) is 1. The van der Waals surface area contributed by atoms with Crippen molar-refractivity contribution in [2.75, 3.05) is 11.9 Å². The van der Waals surface area contributed by atoms with Crippen LogP contribution in [0.25, 0.3) is 11.0 Å². The Bertz CT molecular complexity index is 682. The zero-order valence-corrected chi connectivity index (χ0v) is 14.4. The number of carbonyl (C=O) groups excluding carboxylic acids is 1. The maximum atomic E-state index is 12.6. The summed E-state index contributed by atoms with van der Waals surface area (Å²) in [5.41, 5.74) is 6.67. The molecule has 1 aliphatic rings. The largest absolute Gasteiger partial charge is 0.378 e. The van der Waals surface area contributed by atoms with Crippen molar-refractivity contribution in [2.24, 2.45) is 11.1 Å². The van der Waals surface area contributed by atoms with Gasteiger partial charge in [0.05, 0.1) is 17.1 Å². The van der Waals surface area contributed by atoms with Crippen LogP contribution in [0.15, 0.2) is 24.3 Å². The number of imidazole rings is 1. The lowest BCUT2D eigenvalue weighted by molar-refractivity contribution is -0.166. The average Bonchev–Trinajstić information content (AvgIpc) is 2.88. The van der Waals surface area contributed by atoms with Crippen LogP contribution < -0.4 is 11.1 Å². The molecule has 2 atom stereocenters. The molecule has 1 amide bonds. The van der Waals surface area contributed by atoms with Gasteiger partial charge in [0.25, 0.3) is 0 Å². The number of benzene rings is 1. The highest BCUT2D eigenvalue weighted by Gasteiger charge is 2.63. The topological polar surface area (TPSA) is 93.0 Å². The molecular weight excluding hydrogens is 316 g/mol. The van der Waals surface area contributed by atoms with Gasteiger partial charge >= 0.3 is 0 Å². The highest BCUT2D eigenvalue weighted by Crippen LogP contribution is 2.50. The number of aromatic nitrogens is 2. The van der Waals surface area contributed by atoms with Crippen LogP contribution in [0.3, 0.4) is 0 Å². The third-order valence-electron chi connectivity index (χ3n) is 4.86. The summed E-state index contributed by atoms with van der Waals surface area (Å²) >= 11 is 0. The van der Waals surface area contributed by atoms with Crippen molar-refractivity contribution < 1.29 is 9.53 Å². The zero-order valence-electron chi connectivity index (χ0n) is 13.6. The summed E-state index contributed by atoms with van der Waals surface area (Å²) in [6.07, 6.45) is 0.517. The predicted octanol–water partition coefficient (Wildman–Crippen LogP) is 2.46. The van der Waals surface area contributed by atoms with Gasteiger partial charge in [-0.1, -0.05) is 26.0 Å². The first-order valence-corrected chi connectivity index (χ1v) is 7.55. The van der Waals surface area contributed by atoms with E-state index in [2.05, 4.69) is 15.3 Å². The van der Waals surface area contributed by atoms with E-state index in [9.17, 15) is 4.79 Å². The first-order valence-electron chi connectivity index (χ1n) is 7.55. The molecule has 2 aromatic rings. The SMILES string of the molecule is CCOC1CC(N)(C(=O)Nc2nc3ccccc3[nH]2)C1(C)C.Cl. The van der Waals surface area contributed by atoms with Crippen LogP contribution in [0.5, 0.6) is 0 Å². The molecule has 1 saturated carbocycles. The summed E-state index contributed by atoms with van der Waals surface area (Å²) in [6.45, 7) is 6.50. The molecular formula is C16H23ClN4O2. The smallest absolute Gasteiger partial charge is 0.247 e. The molecule has 1 heterocycles. The fraction of sp³-hybridized carbons (Fsp3) is 0.500. The number of aromatic amines is 1. The summed E-state index contributed by atoms with van der Waals surface area (Å²) < 4.78 is 5.65. The summed E-state index contributed by atoms with van der Waals surface area (Å²) in [4.78, 5) is 20.0. The van der Waals surface area contributed by atoms with E-state index in [0.29, 0.717) is 19.0 Å². The Hall–Kier alpha value is -1.63. The van der Waals surface area contributed by atoms with Crippen LogP contribution >= 0.6 is 12.4 Å². The van der Waals surface area contributed by atoms with Gasteiger partial charge in [-0.2, -0.15) is 0 Å². The molecule has 0 spiro atoms. The zero-order chi connectivity index (χ0) is 16.0. The minimum Gasteiger partial charge on any atom is -0.378 e. The number of nitrogens with one attached hydrogen (secondary N) is 2. The number of hydrogen-bond donors (Lipinski definition) is 3. The molecule has 1 aliphatic carbocycles. The Balaban J connectivity index is 0.00000192. The monoisotopic (exact) mass is 338 g/mol. The second-order valence-electron chi connectivity index (χ2n) is 6.40.